The van der Waals surface area contributed by atoms with E-state index >= 15 is 0 Å². The van der Waals surface area contributed by atoms with Crippen LogP contribution >= 0.6 is 0 Å². The molecule has 3 heteroatoms. The highest BCUT2D eigenvalue weighted by Gasteiger charge is 2.46. The lowest BCUT2D eigenvalue weighted by molar-refractivity contribution is 0.248. The molecule has 1 aliphatic heterocycles. The fourth-order valence-electron chi connectivity index (χ4n) is 3.27. The first-order chi connectivity index (χ1) is 11.8. The van der Waals surface area contributed by atoms with Gasteiger partial charge in [0.2, 0.25) is 0 Å². The van der Waals surface area contributed by atoms with Crippen LogP contribution in [0.3, 0.4) is 0 Å². The van der Waals surface area contributed by atoms with Crippen LogP contribution in [0.1, 0.15) is 16.7 Å². The van der Waals surface area contributed by atoms with E-state index in [0.717, 1.165) is 22.4 Å². The van der Waals surface area contributed by atoms with E-state index in [-0.39, 0.29) is 6.03 Å². The molecule has 0 aromatic heterocycles. The molecular formula is C21H16N2O. The van der Waals surface area contributed by atoms with Gasteiger partial charge in [-0.1, -0.05) is 91.0 Å². The minimum atomic E-state index is -0.777. The minimum Gasteiger partial charge on any atom is -0.317 e. The minimum absolute atomic E-state index is 0.318. The van der Waals surface area contributed by atoms with Crippen molar-refractivity contribution in [3.63, 3.8) is 0 Å². The highest BCUT2D eigenvalue weighted by molar-refractivity contribution is 6.18. The molecule has 116 valence electrons. The molecule has 0 unspecified atom stereocenters. The molecule has 3 nitrogen and oxygen atoms in total. The second-order valence-electron chi connectivity index (χ2n) is 5.74. The van der Waals surface area contributed by atoms with Gasteiger partial charge in [-0.2, -0.15) is 4.99 Å². The monoisotopic (exact) mass is 312 g/mol. The van der Waals surface area contributed by atoms with Crippen LogP contribution in [0.25, 0.3) is 0 Å². The fraction of sp³-hybridized carbons (Fsp3) is 0.0476. The zero-order valence-corrected chi connectivity index (χ0v) is 13.0. The van der Waals surface area contributed by atoms with Gasteiger partial charge >= 0.3 is 6.03 Å². The smallest absolute Gasteiger partial charge is 0.317 e. The largest absolute Gasteiger partial charge is 0.342 e. The Labute approximate surface area is 140 Å². The number of aliphatic imine (C=N–C) groups is 1. The van der Waals surface area contributed by atoms with Gasteiger partial charge in [0.15, 0.2) is 0 Å². The number of nitrogens with zero attached hydrogens (tertiary/aromatic N) is 1. The number of rotatable bonds is 3. The van der Waals surface area contributed by atoms with Gasteiger partial charge in [0.25, 0.3) is 0 Å². The summed E-state index contributed by atoms with van der Waals surface area (Å²) >= 11 is 0. The Bertz CT molecular complexity index is 847. The lowest BCUT2D eigenvalue weighted by atomic mass is 9.77. The van der Waals surface area contributed by atoms with Gasteiger partial charge < -0.3 is 5.32 Å². The second-order valence-corrected chi connectivity index (χ2v) is 5.74. The third-order valence-electron chi connectivity index (χ3n) is 4.32. The summed E-state index contributed by atoms with van der Waals surface area (Å²) in [7, 11) is 0. The van der Waals surface area contributed by atoms with Gasteiger partial charge in [-0.15, -0.1) is 0 Å². The van der Waals surface area contributed by atoms with E-state index in [2.05, 4.69) is 10.3 Å². The van der Waals surface area contributed by atoms with Crippen LogP contribution in [-0.2, 0) is 5.54 Å². The van der Waals surface area contributed by atoms with Gasteiger partial charge in [0.1, 0.15) is 5.54 Å². The molecule has 24 heavy (non-hydrogen) atoms. The van der Waals surface area contributed by atoms with Crippen molar-refractivity contribution in [1.29, 1.82) is 0 Å². The number of carbonyl (C=O) groups is 1. The number of hydrogen-bond acceptors (Lipinski definition) is 1. The van der Waals surface area contributed by atoms with Crippen LogP contribution in [-0.4, -0.2) is 11.7 Å². The summed E-state index contributed by atoms with van der Waals surface area (Å²) in [5, 5.41) is 3.11. The molecule has 3 aromatic carbocycles. The highest BCUT2D eigenvalue weighted by atomic mass is 16.2. The van der Waals surface area contributed by atoms with E-state index < -0.39 is 5.54 Å². The van der Waals surface area contributed by atoms with Crippen LogP contribution in [0.15, 0.2) is 96.0 Å². The number of benzene rings is 3. The Morgan fingerprint density at radius 2 is 1.12 bits per heavy atom. The van der Waals surface area contributed by atoms with Crippen molar-refractivity contribution in [3.8, 4) is 0 Å². The van der Waals surface area contributed by atoms with Crippen LogP contribution in [0.2, 0.25) is 0 Å². The van der Waals surface area contributed by atoms with Gasteiger partial charge in [0.05, 0.1) is 5.71 Å². The summed E-state index contributed by atoms with van der Waals surface area (Å²) < 4.78 is 0. The third-order valence-corrected chi connectivity index (χ3v) is 4.32. The lowest BCUT2D eigenvalue weighted by Crippen LogP contribution is -2.47. The Morgan fingerprint density at radius 3 is 1.62 bits per heavy atom. The average Bonchev–Trinajstić information content (AvgIpc) is 3.02. The molecule has 1 aliphatic rings. The molecule has 0 saturated carbocycles. The molecule has 4 rings (SSSR count). The third kappa shape index (κ3) is 2.22. The molecule has 1 N–H and O–H groups in total. The average molecular weight is 312 g/mol. The zero-order valence-electron chi connectivity index (χ0n) is 13.0. The topological polar surface area (TPSA) is 41.5 Å². The molecule has 3 aromatic rings. The first-order valence-corrected chi connectivity index (χ1v) is 7.88. The number of carbonyl (C=O) groups excluding carboxylic acids is 1. The SMILES string of the molecule is O=C1N=C(c2ccccc2)C(c2ccccc2)(c2ccccc2)N1. The van der Waals surface area contributed by atoms with Gasteiger partial charge in [-0.25, -0.2) is 4.79 Å². The predicted octanol–water partition coefficient (Wildman–Crippen LogP) is 4.14. The van der Waals surface area contributed by atoms with Crippen LogP contribution in [0.5, 0.6) is 0 Å². The zero-order chi connectivity index (χ0) is 16.4. The first kappa shape index (κ1) is 14.4. The lowest BCUT2D eigenvalue weighted by Gasteiger charge is -2.32. The summed E-state index contributed by atoms with van der Waals surface area (Å²) in [6, 6.07) is 29.5. The molecule has 0 bridgehead atoms. The second kappa shape index (κ2) is 5.78. The molecule has 0 aliphatic carbocycles. The van der Waals surface area contributed by atoms with Crippen LogP contribution < -0.4 is 5.32 Å². The maximum atomic E-state index is 12.3. The summed E-state index contributed by atoms with van der Waals surface area (Å²) in [6.07, 6.45) is 0. The molecule has 0 fully saturated rings. The molecule has 0 radical (unpaired) electrons. The van der Waals surface area contributed by atoms with Crippen molar-refractivity contribution in [2.75, 3.05) is 0 Å². The number of nitrogens with one attached hydrogen (secondary N) is 1. The van der Waals surface area contributed by atoms with Crippen molar-refractivity contribution >= 4 is 11.7 Å². The Kier molecular flexibility index (Phi) is 3.47. The fourth-order valence-corrected chi connectivity index (χ4v) is 3.27. The van der Waals surface area contributed by atoms with Crippen molar-refractivity contribution in [3.05, 3.63) is 108 Å². The first-order valence-electron chi connectivity index (χ1n) is 7.88. The van der Waals surface area contributed by atoms with E-state index in [9.17, 15) is 4.79 Å². The van der Waals surface area contributed by atoms with Crippen molar-refractivity contribution < 1.29 is 4.79 Å². The number of hydrogen-bond donors (Lipinski definition) is 1. The van der Waals surface area contributed by atoms with E-state index in [0.29, 0.717) is 0 Å². The van der Waals surface area contributed by atoms with Crippen molar-refractivity contribution in [1.82, 2.24) is 5.32 Å². The summed E-state index contributed by atoms with van der Waals surface area (Å²) in [5.41, 5.74) is 2.87. The Morgan fingerprint density at radius 1 is 0.667 bits per heavy atom. The maximum absolute atomic E-state index is 12.3. The van der Waals surface area contributed by atoms with Crippen LogP contribution in [0, 0.1) is 0 Å². The van der Waals surface area contributed by atoms with Crippen molar-refractivity contribution in [2.45, 2.75) is 5.54 Å². The van der Waals surface area contributed by atoms with Crippen molar-refractivity contribution in [2.24, 2.45) is 4.99 Å². The van der Waals surface area contributed by atoms with Gasteiger partial charge in [-0.3, -0.25) is 0 Å². The maximum Gasteiger partial charge on any atom is 0.342 e. The standard InChI is InChI=1S/C21H16N2O/c24-20-22-19(16-10-4-1-5-11-16)21(23-20,17-12-6-2-7-13-17)18-14-8-3-9-15-18/h1-15H,(H,23,24). The van der Waals surface area contributed by atoms with E-state index in [1.807, 2.05) is 91.0 Å². The molecule has 2 amide bonds. The van der Waals surface area contributed by atoms with Gasteiger partial charge in [-0.05, 0) is 16.7 Å². The quantitative estimate of drug-likeness (QED) is 0.776. The normalized spacial score (nSPS) is 15.7. The summed E-state index contributed by atoms with van der Waals surface area (Å²) in [6.45, 7) is 0. The molecule has 0 atom stereocenters. The molecule has 1 heterocycles. The van der Waals surface area contributed by atoms with E-state index in [1.54, 1.807) is 0 Å². The molecule has 0 saturated heterocycles. The highest BCUT2D eigenvalue weighted by Crippen LogP contribution is 2.37. The molecular weight excluding hydrogens is 296 g/mol. The molecule has 0 spiro atoms. The Hall–Kier alpha value is -3.20. The predicted molar refractivity (Wildman–Crippen MR) is 95.2 cm³/mol. The van der Waals surface area contributed by atoms with E-state index in [4.69, 9.17) is 0 Å². The van der Waals surface area contributed by atoms with Crippen LogP contribution in [0.4, 0.5) is 4.79 Å². The number of amides is 2. The van der Waals surface area contributed by atoms with E-state index in [1.165, 1.54) is 0 Å². The number of urea groups is 1. The summed E-state index contributed by atoms with van der Waals surface area (Å²) in [5.74, 6) is 0. The Balaban J connectivity index is 2.00. The van der Waals surface area contributed by atoms with Gasteiger partial charge in [0, 0.05) is 0 Å². The summed E-state index contributed by atoms with van der Waals surface area (Å²) in [4.78, 5) is 16.6.